The van der Waals surface area contributed by atoms with E-state index < -0.39 is 0 Å². The number of anilines is 1. The van der Waals surface area contributed by atoms with Gasteiger partial charge < -0.3 is 15.7 Å². The smallest absolute Gasteiger partial charge is 0.239 e. The van der Waals surface area contributed by atoms with Gasteiger partial charge in [0, 0.05) is 12.6 Å². The summed E-state index contributed by atoms with van der Waals surface area (Å²) in [5.41, 5.74) is 6.11. The average Bonchev–Trinajstić information content (AvgIpc) is 2.60. The molecule has 0 aliphatic heterocycles. The molecule has 0 saturated heterocycles. The van der Waals surface area contributed by atoms with Crippen LogP contribution in [-0.4, -0.2) is 28.1 Å². The molecule has 1 heterocycles. The van der Waals surface area contributed by atoms with Crippen molar-refractivity contribution in [2.24, 2.45) is 4.99 Å². The number of hydrogen-bond acceptors (Lipinski definition) is 5. The van der Waals surface area contributed by atoms with Gasteiger partial charge in [-0.3, -0.25) is 4.99 Å². The number of nitrogens with two attached hydrogens (primary N) is 1. The highest BCUT2D eigenvalue weighted by Gasteiger charge is 2.04. The highest BCUT2D eigenvalue weighted by atomic mass is 16.5. The molecular formula is C19H36N4O2. The first kappa shape index (κ1) is 21.3. The second kappa shape index (κ2) is 13.6. The van der Waals surface area contributed by atoms with E-state index in [1.807, 2.05) is 0 Å². The summed E-state index contributed by atoms with van der Waals surface area (Å²) in [7, 11) is 0. The standard InChI is InChI=1S/C19H36N4O2/c1-3-5-7-8-9-10-11-12-13-14-21-17-16-18(25-15-6-4-2)22-19(20)23(17)24/h16,24H,3-15H2,1-2H3,(H2,20,22). The van der Waals surface area contributed by atoms with Crippen LogP contribution in [-0.2, 0) is 0 Å². The first-order valence-corrected chi connectivity index (χ1v) is 9.91. The summed E-state index contributed by atoms with van der Waals surface area (Å²) in [4.78, 5) is 8.44. The molecule has 1 rings (SSSR count). The molecule has 25 heavy (non-hydrogen) atoms. The van der Waals surface area contributed by atoms with E-state index in [0.29, 0.717) is 24.5 Å². The Morgan fingerprint density at radius 3 is 2.24 bits per heavy atom. The maximum atomic E-state index is 9.92. The van der Waals surface area contributed by atoms with Crippen LogP contribution in [0.5, 0.6) is 5.88 Å². The van der Waals surface area contributed by atoms with Gasteiger partial charge in [0.25, 0.3) is 0 Å². The Balaban J connectivity index is 2.33. The van der Waals surface area contributed by atoms with Crippen molar-refractivity contribution in [1.29, 1.82) is 0 Å². The van der Waals surface area contributed by atoms with Crippen LogP contribution in [0.1, 0.15) is 84.5 Å². The number of ether oxygens (including phenoxy) is 1. The van der Waals surface area contributed by atoms with Crippen LogP contribution >= 0.6 is 0 Å². The number of hydrogen-bond donors (Lipinski definition) is 2. The second-order valence-corrected chi connectivity index (χ2v) is 6.53. The summed E-state index contributed by atoms with van der Waals surface area (Å²) in [5, 5.41) is 9.92. The largest absolute Gasteiger partial charge is 0.477 e. The average molecular weight is 353 g/mol. The van der Waals surface area contributed by atoms with Crippen molar-refractivity contribution in [3.8, 4) is 5.88 Å². The van der Waals surface area contributed by atoms with E-state index in [0.717, 1.165) is 24.0 Å². The van der Waals surface area contributed by atoms with E-state index in [9.17, 15) is 5.21 Å². The molecule has 0 bridgehead atoms. The molecule has 0 aliphatic rings. The lowest BCUT2D eigenvalue weighted by atomic mass is 10.1. The fraction of sp³-hybridized carbons (Fsp3) is 0.789. The van der Waals surface area contributed by atoms with Crippen molar-refractivity contribution in [1.82, 2.24) is 9.71 Å². The third-order valence-electron chi connectivity index (χ3n) is 4.19. The Kier molecular flexibility index (Phi) is 11.6. The summed E-state index contributed by atoms with van der Waals surface area (Å²) in [6.07, 6.45) is 13.5. The van der Waals surface area contributed by atoms with Crippen molar-refractivity contribution in [2.45, 2.75) is 84.5 Å². The number of rotatable bonds is 14. The third kappa shape index (κ3) is 9.37. The Morgan fingerprint density at radius 1 is 1.00 bits per heavy atom. The number of aromatic nitrogens is 2. The second-order valence-electron chi connectivity index (χ2n) is 6.53. The van der Waals surface area contributed by atoms with E-state index in [2.05, 4.69) is 23.8 Å². The Bertz CT molecular complexity index is 529. The monoisotopic (exact) mass is 352 g/mol. The predicted octanol–water partition coefficient (Wildman–Crippen LogP) is 4.31. The van der Waals surface area contributed by atoms with Crippen LogP contribution in [0.4, 0.5) is 5.95 Å². The molecule has 0 atom stereocenters. The van der Waals surface area contributed by atoms with Crippen molar-refractivity contribution in [3.05, 3.63) is 11.6 Å². The van der Waals surface area contributed by atoms with Gasteiger partial charge in [0.1, 0.15) is 0 Å². The summed E-state index contributed by atoms with van der Waals surface area (Å²) in [6.45, 7) is 5.62. The maximum absolute atomic E-state index is 9.92. The lowest BCUT2D eigenvalue weighted by Gasteiger charge is -2.07. The van der Waals surface area contributed by atoms with E-state index in [-0.39, 0.29) is 5.95 Å². The summed E-state index contributed by atoms with van der Waals surface area (Å²) in [5.74, 6) is 0.418. The van der Waals surface area contributed by atoms with Gasteiger partial charge >= 0.3 is 0 Å². The van der Waals surface area contributed by atoms with Gasteiger partial charge in [-0.1, -0.05) is 71.6 Å². The summed E-state index contributed by atoms with van der Waals surface area (Å²) < 4.78 is 6.37. The lowest BCUT2D eigenvalue weighted by Crippen LogP contribution is -2.24. The van der Waals surface area contributed by atoms with Gasteiger partial charge in [-0.05, 0) is 12.8 Å². The van der Waals surface area contributed by atoms with Crippen LogP contribution in [0.3, 0.4) is 0 Å². The fourth-order valence-electron chi connectivity index (χ4n) is 2.61. The Morgan fingerprint density at radius 2 is 1.60 bits per heavy atom. The molecule has 0 radical (unpaired) electrons. The van der Waals surface area contributed by atoms with Gasteiger partial charge in [-0.25, -0.2) is 0 Å². The van der Waals surface area contributed by atoms with Crippen molar-refractivity contribution < 1.29 is 9.94 Å². The molecule has 0 aliphatic carbocycles. The molecule has 6 nitrogen and oxygen atoms in total. The fourth-order valence-corrected chi connectivity index (χ4v) is 2.61. The molecule has 0 fully saturated rings. The van der Waals surface area contributed by atoms with Crippen molar-refractivity contribution in [2.75, 3.05) is 18.9 Å². The van der Waals surface area contributed by atoms with Crippen molar-refractivity contribution in [3.63, 3.8) is 0 Å². The van der Waals surface area contributed by atoms with Gasteiger partial charge in [-0.2, -0.15) is 4.98 Å². The van der Waals surface area contributed by atoms with Crippen molar-refractivity contribution >= 4 is 5.95 Å². The van der Waals surface area contributed by atoms with Gasteiger partial charge in [0.05, 0.1) is 6.61 Å². The minimum absolute atomic E-state index is 0.000160. The van der Waals surface area contributed by atoms with E-state index in [1.165, 1.54) is 51.4 Å². The van der Waals surface area contributed by atoms with Crippen LogP contribution in [0.2, 0.25) is 0 Å². The minimum Gasteiger partial charge on any atom is -0.477 e. The third-order valence-corrected chi connectivity index (χ3v) is 4.19. The predicted molar refractivity (Wildman–Crippen MR) is 102 cm³/mol. The van der Waals surface area contributed by atoms with Crippen LogP contribution in [0, 0.1) is 0 Å². The van der Waals surface area contributed by atoms with Crippen LogP contribution < -0.4 is 16.0 Å². The minimum atomic E-state index is -0.000160. The number of unbranched alkanes of at least 4 members (excludes halogenated alkanes) is 9. The van der Waals surface area contributed by atoms with Crippen LogP contribution in [0.25, 0.3) is 0 Å². The zero-order valence-electron chi connectivity index (χ0n) is 16.0. The lowest BCUT2D eigenvalue weighted by molar-refractivity contribution is 0.171. The molecule has 0 saturated carbocycles. The van der Waals surface area contributed by atoms with E-state index in [1.54, 1.807) is 6.07 Å². The molecule has 6 heteroatoms. The highest BCUT2D eigenvalue weighted by Crippen LogP contribution is 2.09. The quantitative estimate of drug-likeness (QED) is 0.386. The highest BCUT2D eigenvalue weighted by molar-refractivity contribution is 5.21. The van der Waals surface area contributed by atoms with Crippen LogP contribution in [0.15, 0.2) is 11.1 Å². The zero-order valence-corrected chi connectivity index (χ0v) is 16.0. The van der Waals surface area contributed by atoms with Gasteiger partial charge in [0.15, 0.2) is 5.49 Å². The molecule has 1 aromatic rings. The van der Waals surface area contributed by atoms with E-state index >= 15 is 0 Å². The molecule has 3 N–H and O–H groups in total. The molecule has 0 unspecified atom stereocenters. The normalized spacial score (nSPS) is 11.8. The van der Waals surface area contributed by atoms with Gasteiger partial charge in [0.2, 0.25) is 11.8 Å². The molecule has 0 amide bonds. The summed E-state index contributed by atoms with van der Waals surface area (Å²) in [6, 6.07) is 1.64. The number of nitrogens with zero attached hydrogens (tertiary/aromatic N) is 3. The number of nitrogen functional groups attached to an aromatic ring is 1. The molecule has 144 valence electrons. The Hall–Kier alpha value is -1.72. The molecule has 0 aromatic carbocycles. The first-order valence-electron chi connectivity index (χ1n) is 9.91. The molecule has 1 aromatic heterocycles. The Labute approximate surface area is 152 Å². The topological polar surface area (TPSA) is 85.7 Å². The molecule has 0 spiro atoms. The summed E-state index contributed by atoms with van der Waals surface area (Å²) >= 11 is 0. The maximum Gasteiger partial charge on any atom is 0.239 e. The SMILES string of the molecule is CCCCCCCCCCCN=c1cc(OCCCC)nc(N)n1O. The molecular weight excluding hydrogens is 316 g/mol. The first-order chi connectivity index (χ1) is 12.2. The zero-order chi connectivity index (χ0) is 18.3. The van der Waals surface area contributed by atoms with Gasteiger partial charge in [-0.15, -0.1) is 4.73 Å². The van der Waals surface area contributed by atoms with E-state index in [4.69, 9.17) is 10.5 Å².